The van der Waals surface area contributed by atoms with E-state index in [1.807, 2.05) is 19.1 Å². The smallest absolute Gasteiger partial charge is 0.1000 e. The lowest BCUT2D eigenvalue weighted by Gasteiger charge is -2.23. The molecule has 0 bridgehead atoms. The maximum Gasteiger partial charge on any atom is 0.1000 e. The quantitative estimate of drug-likeness (QED) is 0.740. The van der Waals surface area contributed by atoms with E-state index in [0.717, 1.165) is 4.88 Å². The Morgan fingerprint density at radius 3 is 2.50 bits per heavy atom. The molecule has 1 aromatic heterocycles. The minimum atomic E-state index is -0.816. The van der Waals surface area contributed by atoms with Gasteiger partial charge in [-0.05, 0) is 42.3 Å². The monoisotopic (exact) mass is 282 g/mol. The van der Waals surface area contributed by atoms with E-state index >= 15 is 0 Å². The summed E-state index contributed by atoms with van der Waals surface area (Å²) in [5, 5.41) is 13.3. The van der Waals surface area contributed by atoms with Crippen molar-refractivity contribution in [2.24, 2.45) is 0 Å². The van der Waals surface area contributed by atoms with Gasteiger partial charge in [-0.25, -0.2) is 0 Å². The minimum Gasteiger partial charge on any atom is -0.384 e. The van der Waals surface area contributed by atoms with Gasteiger partial charge in [-0.1, -0.05) is 42.5 Å². The van der Waals surface area contributed by atoms with Gasteiger partial charge in [0.05, 0.1) is 5.60 Å². The molecule has 20 heavy (non-hydrogen) atoms. The lowest BCUT2D eigenvalue weighted by atomic mass is 9.92. The number of aryl methyl sites for hydroxylation is 1. The molecule has 3 aromatic rings. The Kier molecular flexibility index (Phi) is 3.36. The molecule has 2 aromatic carbocycles. The summed E-state index contributed by atoms with van der Waals surface area (Å²) in [6.07, 6.45) is 0.633. The first-order valence-electron chi connectivity index (χ1n) is 6.82. The van der Waals surface area contributed by atoms with Crippen molar-refractivity contribution >= 4 is 22.1 Å². The lowest BCUT2D eigenvalue weighted by Crippen LogP contribution is -2.23. The van der Waals surface area contributed by atoms with Gasteiger partial charge in [-0.2, -0.15) is 0 Å². The Labute approximate surface area is 123 Å². The molecule has 0 aliphatic carbocycles. The Morgan fingerprint density at radius 2 is 1.75 bits per heavy atom. The van der Waals surface area contributed by atoms with Gasteiger partial charge in [0.15, 0.2) is 0 Å². The Hall–Kier alpha value is -1.64. The standard InChI is InChI=1S/C18H18OS/c1-13-10-11-17(20-13)18(2,19)12-15-8-5-7-14-6-3-4-9-16(14)15/h3-11,19H,12H2,1-2H3. The van der Waals surface area contributed by atoms with Gasteiger partial charge >= 0.3 is 0 Å². The first kappa shape index (κ1) is 13.3. The summed E-state index contributed by atoms with van der Waals surface area (Å²) in [6.45, 7) is 3.97. The fraction of sp³-hybridized carbons (Fsp3) is 0.222. The van der Waals surface area contributed by atoms with E-state index in [9.17, 15) is 5.11 Å². The van der Waals surface area contributed by atoms with Crippen LogP contribution in [0.2, 0.25) is 0 Å². The second-order valence-corrected chi connectivity index (χ2v) is 6.79. The summed E-state index contributed by atoms with van der Waals surface area (Å²) < 4.78 is 0. The molecular formula is C18H18OS. The highest BCUT2D eigenvalue weighted by Gasteiger charge is 2.25. The van der Waals surface area contributed by atoms with Crippen LogP contribution in [0.1, 0.15) is 22.2 Å². The van der Waals surface area contributed by atoms with Crippen LogP contribution in [0.15, 0.2) is 54.6 Å². The van der Waals surface area contributed by atoms with E-state index in [2.05, 4.69) is 49.4 Å². The van der Waals surface area contributed by atoms with Crippen molar-refractivity contribution in [3.63, 3.8) is 0 Å². The average molecular weight is 282 g/mol. The van der Waals surface area contributed by atoms with Crippen LogP contribution in [0.25, 0.3) is 10.8 Å². The van der Waals surface area contributed by atoms with Gasteiger partial charge in [0.2, 0.25) is 0 Å². The van der Waals surface area contributed by atoms with Crippen molar-refractivity contribution in [3.05, 3.63) is 69.9 Å². The SMILES string of the molecule is Cc1ccc(C(C)(O)Cc2cccc3ccccc23)s1. The zero-order chi connectivity index (χ0) is 14.2. The molecule has 0 aliphatic heterocycles. The summed E-state index contributed by atoms with van der Waals surface area (Å²) >= 11 is 1.67. The molecule has 1 N–H and O–H groups in total. The highest BCUT2D eigenvalue weighted by atomic mass is 32.1. The van der Waals surface area contributed by atoms with E-state index in [1.54, 1.807) is 11.3 Å². The Morgan fingerprint density at radius 1 is 1.00 bits per heavy atom. The molecule has 0 spiro atoms. The lowest BCUT2D eigenvalue weighted by molar-refractivity contribution is 0.0618. The van der Waals surface area contributed by atoms with Gasteiger partial charge in [-0.15, -0.1) is 11.3 Å². The number of hydrogen-bond acceptors (Lipinski definition) is 2. The van der Waals surface area contributed by atoms with Gasteiger partial charge in [-0.3, -0.25) is 0 Å². The van der Waals surface area contributed by atoms with E-state index in [1.165, 1.54) is 21.2 Å². The maximum absolute atomic E-state index is 10.8. The summed E-state index contributed by atoms with van der Waals surface area (Å²) in [6, 6.07) is 18.7. The molecule has 0 aliphatic rings. The minimum absolute atomic E-state index is 0.633. The second kappa shape index (κ2) is 5.04. The molecule has 0 saturated carbocycles. The molecule has 102 valence electrons. The molecule has 1 nitrogen and oxygen atoms in total. The molecule has 3 rings (SSSR count). The van der Waals surface area contributed by atoms with Crippen LogP contribution >= 0.6 is 11.3 Å². The summed E-state index contributed by atoms with van der Waals surface area (Å²) in [7, 11) is 0. The summed E-state index contributed by atoms with van der Waals surface area (Å²) in [5.41, 5.74) is 0.377. The largest absolute Gasteiger partial charge is 0.384 e. The van der Waals surface area contributed by atoms with E-state index in [0.29, 0.717) is 6.42 Å². The molecular weight excluding hydrogens is 264 g/mol. The van der Waals surface area contributed by atoms with Crippen molar-refractivity contribution in [2.45, 2.75) is 25.9 Å². The van der Waals surface area contributed by atoms with Crippen LogP contribution in [0.5, 0.6) is 0 Å². The third-order valence-electron chi connectivity index (χ3n) is 3.69. The zero-order valence-corrected chi connectivity index (χ0v) is 12.6. The van der Waals surface area contributed by atoms with Crippen molar-refractivity contribution in [1.82, 2.24) is 0 Å². The van der Waals surface area contributed by atoms with Crippen molar-refractivity contribution in [1.29, 1.82) is 0 Å². The van der Waals surface area contributed by atoms with Crippen molar-refractivity contribution in [2.75, 3.05) is 0 Å². The number of thiophene rings is 1. The number of aliphatic hydroxyl groups is 1. The molecule has 1 atom stereocenters. The molecule has 1 heterocycles. The summed E-state index contributed by atoms with van der Waals surface area (Å²) in [4.78, 5) is 2.26. The van der Waals surface area contributed by atoms with E-state index in [-0.39, 0.29) is 0 Å². The fourth-order valence-electron chi connectivity index (χ4n) is 2.63. The van der Waals surface area contributed by atoms with Gasteiger partial charge in [0, 0.05) is 16.2 Å². The molecule has 0 amide bonds. The van der Waals surface area contributed by atoms with Crippen LogP contribution < -0.4 is 0 Å². The van der Waals surface area contributed by atoms with E-state index in [4.69, 9.17) is 0 Å². The van der Waals surface area contributed by atoms with Gasteiger partial charge in [0.25, 0.3) is 0 Å². The Bertz CT molecular complexity index is 735. The fourth-order valence-corrected chi connectivity index (χ4v) is 3.54. The highest BCUT2D eigenvalue weighted by molar-refractivity contribution is 7.12. The van der Waals surface area contributed by atoms with Crippen LogP contribution in [-0.4, -0.2) is 5.11 Å². The molecule has 1 unspecified atom stereocenters. The third kappa shape index (κ3) is 2.49. The Balaban J connectivity index is 2.00. The van der Waals surface area contributed by atoms with E-state index < -0.39 is 5.60 Å². The average Bonchev–Trinajstić information content (AvgIpc) is 2.86. The molecule has 2 heteroatoms. The summed E-state index contributed by atoms with van der Waals surface area (Å²) in [5.74, 6) is 0. The first-order valence-corrected chi connectivity index (χ1v) is 7.64. The van der Waals surface area contributed by atoms with Crippen LogP contribution in [0.3, 0.4) is 0 Å². The molecule has 0 radical (unpaired) electrons. The van der Waals surface area contributed by atoms with Crippen LogP contribution in [0.4, 0.5) is 0 Å². The predicted octanol–water partition coefficient (Wildman–Crippen LogP) is 4.66. The first-order chi connectivity index (χ1) is 9.56. The van der Waals surface area contributed by atoms with Crippen LogP contribution in [-0.2, 0) is 12.0 Å². The maximum atomic E-state index is 10.8. The van der Waals surface area contributed by atoms with Crippen molar-refractivity contribution < 1.29 is 5.11 Å². The second-order valence-electron chi connectivity index (χ2n) is 5.50. The van der Waals surface area contributed by atoms with Gasteiger partial charge < -0.3 is 5.11 Å². The third-order valence-corrected chi connectivity index (χ3v) is 4.94. The number of fused-ring (bicyclic) bond motifs is 1. The number of benzene rings is 2. The van der Waals surface area contributed by atoms with Crippen LogP contribution in [0, 0.1) is 6.92 Å². The number of hydrogen-bond donors (Lipinski definition) is 1. The number of rotatable bonds is 3. The molecule has 0 saturated heterocycles. The highest BCUT2D eigenvalue weighted by Crippen LogP contribution is 2.32. The predicted molar refractivity (Wildman–Crippen MR) is 86.3 cm³/mol. The molecule has 0 fully saturated rings. The topological polar surface area (TPSA) is 20.2 Å². The normalized spacial score (nSPS) is 14.3. The van der Waals surface area contributed by atoms with Gasteiger partial charge in [0.1, 0.15) is 0 Å². The zero-order valence-electron chi connectivity index (χ0n) is 11.8. The van der Waals surface area contributed by atoms with Crippen molar-refractivity contribution in [3.8, 4) is 0 Å².